The van der Waals surface area contributed by atoms with Gasteiger partial charge in [0.1, 0.15) is 6.17 Å². The summed E-state index contributed by atoms with van der Waals surface area (Å²) < 4.78 is 0. The zero-order valence-corrected chi connectivity index (χ0v) is 10.6. The molecule has 1 aliphatic rings. The summed E-state index contributed by atoms with van der Waals surface area (Å²) in [5.41, 5.74) is 2.49. The molecule has 2 nitrogen and oxygen atoms in total. The van der Waals surface area contributed by atoms with E-state index >= 15 is 0 Å². The largest absolute Gasteiger partial charge is 0.274 e. The Labute approximate surface area is 98.0 Å². The van der Waals surface area contributed by atoms with E-state index in [2.05, 4.69) is 57.0 Å². The van der Waals surface area contributed by atoms with E-state index in [1.807, 2.05) is 6.07 Å². The van der Waals surface area contributed by atoms with Crippen LogP contribution in [0.4, 0.5) is 0 Å². The molecule has 16 heavy (non-hydrogen) atoms. The summed E-state index contributed by atoms with van der Waals surface area (Å²) in [6, 6.07) is 10.5. The molecule has 0 saturated heterocycles. The van der Waals surface area contributed by atoms with Crippen LogP contribution in [-0.4, -0.2) is 29.4 Å². The van der Waals surface area contributed by atoms with Crippen molar-refractivity contribution >= 4 is 5.71 Å². The zero-order chi connectivity index (χ0) is 11.8. The van der Waals surface area contributed by atoms with E-state index in [0.717, 1.165) is 6.42 Å². The Morgan fingerprint density at radius 2 is 1.88 bits per heavy atom. The van der Waals surface area contributed by atoms with Crippen LogP contribution in [0.3, 0.4) is 0 Å². The SMILES string of the molecule is CCC1N=C(c2ccccc2)C(C)(C)N1C. The Morgan fingerprint density at radius 1 is 1.25 bits per heavy atom. The maximum absolute atomic E-state index is 4.85. The standard InChI is InChI=1S/C14H20N2/c1-5-12-15-13(14(2,3)16(12)4)11-9-7-6-8-10-11/h6-10,12H,5H2,1-4H3. The van der Waals surface area contributed by atoms with Crippen molar-refractivity contribution < 1.29 is 0 Å². The van der Waals surface area contributed by atoms with E-state index in [-0.39, 0.29) is 5.54 Å². The first-order valence-corrected chi connectivity index (χ1v) is 5.94. The molecule has 1 aromatic carbocycles. The molecule has 0 saturated carbocycles. The molecule has 0 aliphatic carbocycles. The summed E-state index contributed by atoms with van der Waals surface area (Å²) in [4.78, 5) is 7.21. The number of benzene rings is 1. The predicted octanol–water partition coefficient (Wildman–Crippen LogP) is 2.94. The second kappa shape index (κ2) is 4.02. The van der Waals surface area contributed by atoms with Crippen LogP contribution in [-0.2, 0) is 0 Å². The van der Waals surface area contributed by atoms with Gasteiger partial charge in [-0.2, -0.15) is 0 Å². The molecule has 0 aromatic heterocycles. The fourth-order valence-corrected chi connectivity index (χ4v) is 2.32. The van der Waals surface area contributed by atoms with Crippen LogP contribution in [0.2, 0.25) is 0 Å². The smallest absolute Gasteiger partial charge is 0.103 e. The van der Waals surface area contributed by atoms with Crippen LogP contribution < -0.4 is 0 Å². The lowest BCUT2D eigenvalue weighted by molar-refractivity contribution is 0.182. The van der Waals surface area contributed by atoms with Crippen molar-refractivity contribution in [1.82, 2.24) is 4.90 Å². The molecule has 0 bridgehead atoms. The zero-order valence-electron chi connectivity index (χ0n) is 10.6. The second-order valence-corrected chi connectivity index (χ2v) is 4.90. The Morgan fingerprint density at radius 3 is 2.38 bits per heavy atom. The first kappa shape index (κ1) is 11.3. The number of hydrogen-bond donors (Lipinski definition) is 0. The molecule has 1 heterocycles. The Balaban J connectivity index is 2.41. The van der Waals surface area contributed by atoms with Crippen molar-refractivity contribution in [3.63, 3.8) is 0 Å². The number of hydrogen-bond acceptors (Lipinski definition) is 2. The Hall–Kier alpha value is -1.15. The fraction of sp³-hybridized carbons (Fsp3) is 0.500. The van der Waals surface area contributed by atoms with E-state index in [9.17, 15) is 0 Å². The van der Waals surface area contributed by atoms with Gasteiger partial charge in [0.05, 0.1) is 11.3 Å². The molecular weight excluding hydrogens is 196 g/mol. The highest BCUT2D eigenvalue weighted by Crippen LogP contribution is 2.30. The summed E-state index contributed by atoms with van der Waals surface area (Å²) in [6.45, 7) is 6.68. The highest BCUT2D eigenvalue weighted by molar-refractivity contribution is 6.08. The average molecular weight is 216 g/mol. The van der Waals surface area contributed by atoms with Crippen LogP contribution in [0.25, 0.3) is 0 Å². The summed E-state index contributed by atoms with van der Waals surface area (Å²) in [6.07, 6.45) is 1.39. The van der Waals surface area contributed by atoms with Gasteiger partial charge in [-0.1, -0.05) is 37.3 Å². The van der Waals surface area contributed by atoms with Gasteiger partial charge in [0, 0.05) is 0 Å². The van der Waals surface area contributed by atoms with Gasteiger partial charge in [-0.25, -0.2) is 0 Å². The molecule has 0 amide bonds. The minimum atomic E-state index is 0.0298. The van der Waals surface area contributed by atoms with E-state index in [0.29, 0.717) is 6.17 Å². The van der Waals surface area contributed by atoms with Gasteiger partial charge in [-0.05, 0) is 32.9 Å². The van der Waals surface area contributed by atoms with Crippen molar-refractivity contribution in [3.05, 3.63) is 35.9 Å². The molecule has 0 N–H and O–H groups in total. The van der Waals surface area contributed by atoms with Crippen LogP contribution in [0.15, 0.2) is 35.3 Å². The van der Waals surface area contributed by atoms with Gasteiger partial charge in [-0.15, -0.1) is 0 Å². The average Bonchev–Trinajstić information content (AvgIpc) is 2.52. The van der Waals surface area contributed by atoms with Crippen molar-refractivity contribution in [1.29, 1.82) is 0 Å². The van der Waals surface area contributed by atoms with Gasteiger partial charge in [0.25, 0.3) is 0 Å². The lowest BCUT2D eigenvalue weighted by Gasteiger charge is -2.32. The van der Waals surface area contributed by atoms with Crippen LogP contribution in [0, 0.1) is 0 Å². The van der Waals surface area contributed by atoms with Gasteiger partial charge >= 0.3 is 0 Å². The molecule has 0 fully saturated rings. The van der Waals surface area contributed by atoms with Crippen LogP contribution in [0.5, 0.6) is 0 Å². The van der Waals surface area contributed by atoms with Crippen molar-refractivity contribution in [2.24, 2.45) is 4.99 Å². The van der Waals surface area contributed by atoms with Crippen LogP contribution >= 0.6 is 0 Å². The molecular formula is C14H20N2. The van der Waals surface area contributed by atoms with E-state index in [1.54, 1.807) is 0 Å². The molecule has 0 radical (unpaired) electrons. The topological polar surface area (TPSA) is 15.6 Å². The number of nitrogens with zero attached hydrogens (tertiary/aromatic N) is 2. The Kier molecular flexibility index (Phi) is 2.85. The third-order valence-electron chi connectivity index (χ3n) is 3.60. The number of aliphatic imine (C=N–C) groups is 1. The third kappa shape index (κ3) is 1.67. The number of rotatable bonds is 2. The lowest BCUT2D eigenvalue weighted by atomic mass is 9.92. The normalized spacial score (nSPS) is 24.5. The van der Waals surface area contributed by atoms with Gasteiger partial charge in [0.2, 0.25) is 0 Å². The van der Waals surface area contributed by atoms with Gasteiger partial charge < -0.3 is 0 Å². The summed E-state index contributed by atoms with van der Waals surface area (Å²) in [7, 11) is 2.16. The van der Waals surface area contributed by atoms with Crippen molar-refractivity contribution in [3.8, 4) is 0 Å². The first-order chi connectivity index (χ1) is 7.57. The number of likely N-dealkylation sites (N-methyl/N-ethyl adjacent to an activating group) is 1. The molecule has 86 valence electrons. The highest BCUT2D eigenvalue weighted by atomic mass is 15.3. The summed E-state index contributed by atoms with van der Waals surface area (Å²) >= 11 is 0. The molecule has 1 aromatic rings. The second-order valence-electron chi connectivity index (χ2n) is 4.90. The molecule has 1 unspecified atom stereocenters. The first-order valence-electron chi connectivity index (χ1n) is 5.94. The lowest BCUT2D eigenvalue weighted by Crippen LogP contribution is -2.45. The maximum Gasteiger partial charge on any atom is 0.103 e. The van der Waals surface area contributed by atoms with Crippen molar-refractivity contribution in [2.45, 2.75) is 38.9 Å². The van der Waals surface area contributed by atoms with E-state index in [1.165, 1.54) is 11.3 Å². The third-order valence-corrected chi connectivity index (χ3v) is 3.60. The maximum atomic E-state index is 4.85. The summed E-state index contributed by atoms with van der Waals surface area (Å²) in [5, 5.41) is 0. The van der Waals surface area contributed by atoms with Gasteiger partial charge in [-0.3, -0.25) is 9.89 Å². The van der Waals surface area contributed by atoms with Crippen LogP contribution in [0.1, 0.15) is 32.8 Å². The van der Waals surface area contributed by atoms with E-state index < -0.39 is 0 Å². The van der Waals surface area contributed by atoms with E-state index in [4.69, 9.17) is 4.99 Å². The predicted molar refractivity (Wildman–Crippen MR) is 68.9 cm³/mol. The summed E-state index contributed by atoms with van der Waals surface area (Å²) in [5.74, 6) is 0. The quantitative estimate of drug-likeness (QED) is 0.742. The molecule has 1 aliphatic heterocycles. The molecule has 1 atom stereocenters. The monoisotopic (exact) mass is 216 g/mol. The fourth-order valence-electron chi connectivity index (χ4n) is 2.32. The van der Waals surface area contributed by atoms with Gasteiger partial charge in [0.15, 0.2) is 0 Å². The molecule has 0 spiro atoms. The molecule has 2 heteroatoms. The minimum absolute atomic E-state index is 0.0298. The van der Waals surface area contributed by atoms with Crippen molar-refractivity contribution in [2.75, 3.05) is 7.05 Å². The Bertz CT molecular complexity index is 392. The highest BCUT2D eigenvalue weighted by Gasteiger charge is 2.39. The molecule has 2 rings (SSSR count). The minimum Gasteiger partial charge on any atom is -0.274 e.